The number of methoxy groups -OCH3 is 1. The number of benzene rings is 3. The summed E-state index contributed by atoms with van der Waals surface area (Å²) in [5.74, 6) is -0.0416. The van der Waals surface area contributed by atoms with Crippen LogP contribution in [0, 0.1) is 0 Å². The van der Waals surface area contributed by atoms with Crippen LogP contribution >= 0.6 is 0 Å². The Labute approximate surface area is 239 Å². The molecule has 0 unspecified atom stereocenters. The fraction of sp³-hybridized carbons (Fsp3) is 0.290. The van der Waals surface area contributed by atoms with Gasteiger partial charge in [0.1, 0.15) is 17.9 Å². The average Bonchev–Trinajstić information content (AvgIpc) is 2.99. The Morgan fingerprint density at radius 2 is 1.73 bits per heavy atom. The molecule has 0 fully saturated rings. The van der Waals surface area contributed by atoms with Crippen LogP contribution in [0.1, 0.15) is 45.7 Å². The molecule has 0 atom stereocenters. The van der Waals surface area contributed by atoms with Gasteiger partial charge in [0.05, 0.1) is 18.2 Å². The number of hydrogen-bond acceptors (Lipinski definition) is 8. The Kier molecular flexibility index (Phi) is 10.2. The minimum absolute atomic E-state index is 0.136. The lowest BCUT2D eigenvalue weighted by atomic mass is 10.0. The number of carboxylic acids is 1. The van der Waals surface area contributed by atoms with Gasteiger partial charge in [0.25, 0.3) is 5.91 Å². The first-order chi connectivity index (χ1) is 19.9. The van der Waals surface area contributed by atoms with Crippen molar-refractivity contribution in [2.75, 3.05) is 43.9 Å². The number of carbonyl (C=O) groups excluding carboxylic acids is 1. The lowest BCUT2D eigenvalue weighted by molar-refractivity contribution is 0.0698. The largest absolute Gasteiger partial charge is 0.497 e. The van der Waals surface area contributed by atoms with Crippen LogP contribution in [-0.4, -0.2) is 65.1 Å². The minimum Gasteiger partial charge on any atom is -0.497 e. The number of nitrogens with one attached hydrogen (secondary N) is 3. The minimum atomic E-state index is -1.04. The van der Waals surface area contributed by atoms with Crippen LogP contribution in [-0.2, 0) is 13.1 Å². The van der Waals surface area contributed by atoms with Crippen LogP contribution in [0.5, 0.6) is 5.75 Å². The molecule has 1 heterocycles. The molecule has 0 saturated heterocycles. The lowest BCUT2D eigenvalue weighted by Crippen LogP contribution is -2.31. The molecule has 0 spiro atoms. The van der Waals surface area contributed by atoms with Crippen molar-refractivity contribution < 1.29 is 19.4 Å². The van der Waals surface area contributed by atoms with Crippen LogP contribution < -0.4 is 20.7 Å². The summed E-state index contributed by atoms with van der Waals surface area (Å²) in [6.07, 6.45) is 1.37. The quantitative estimate of drug-likeness (QED) is 0.164. The van der Waals surface area contributed by atoms with E-state index in [0.29, 0.717) is 46.8 Å². The van der Waals surface area contributed by atoms with Crippen molar-refractivity contribution in [1.29, 1.82) is 0 Å². The Bertz CT molecular complexity index is 1490. The lowest BCUT2D eigenvalue weighted by Gasteiger charge is -2.18. The Morgan fingerprint density at radius 1 is 0.951 bits per heavy atom. The van der Waals surface area contributed by atoms with Gasteiger partial charge in [-0.15, -0.1) is 0 Å². The van der Waals surface area contributed by atoms with Gasteiger partial charge in [-0.2, -0.15) is 0 Å². The average molecular weight is 557 g/mol. The third-order valence-corrected chi connectivity index (χ3v) is 6.85. The van der Waals surface area contributed by atoms with E-state index in [0.717, 1.165) is 37.3 Å². The highest BCUT2D eigenvalue weighted by Gasteiger charge is 2.15. The molecule has 214 valence electrons. The highest BCUT2D eigenvalue weighted by Crippen LogP contribution is 2.26. The zero-order valence-electron chi connectivity index (χ0n) is 23.6. The Morgan fingerprint density at radius 3 is 2.44 bits per heavy atom. The van der Waals surface area contributed by atoms with Gasteiger partial charge in [0, 0.05) is 42.8 Å². The first-order valence-corrected chi connectivity index (χ1v) is 13.6. The SMILES string of the molecule is CCN(CC)CCNCc1cc(C(=O)O)c2ncnc(NCc3cccc(NC(=O)c4ccc(OC)cc4)c3)c2c1. The summed E-state index contributed by atoms with van der Waals surface area (Å²) in [4.78, 5) is 35.8. The van der Waals surface area contributed by atoms with Crippen molar-refractivity contribution >= 4 is 34.3 Å². The maximum absolute atomic E-state index is 12.7. The summed E-state index contributed by atoms with van der Waals surface area (Å²) in [6.45, 7) is 8.90. The number of aromatic carboxylic acids is 1. The number of carbonyl (C=O) groups is 2. The van der Waals surface area contributed by atoms with Gasteiger partial charge >= 0.3 is 5.97 Å². The van der Waals surface area contributed by atoms with E-state index >= 15 is 0 Å². The topological polar surface area (TPSA) is 129 Å². The van der Waals surface area contributed by atoms with Crippen molar-refractivity contribution in [2.24, 2.45) is 0 Å². The van der Waals surface area contributed by atoms with E-state index in [1.54, 1.807) is 37.4 Å². The van der Waals surface area contributed by atoms with Gasteiger partial charge in [-0.25, -0.2) is 14.8 Å². The second-order valence-electron chi connectivity index (χ2n) is 9.51. The third kappa shape index (κ3) is 7.77. The number of carboxylic acid groups (broad SMARTS) is 1. The van der Waals surface area contributed by atoms with Crippen molar-refractivity contribution in [3.05, 3.63) is 89.2 Å². The first kappa shape index (κ1) is 29.4. The predicted molar refractivity (Wildman–Crippen MR) is 161 cm³/mol. The number of fused-ring (bicyclic) bond motifs is 1. The van der Waals surface area contributed by atoms with Crippen molar-refractivity contribution in [1.82, 2.24) is 20.2 Å². The molecule has 4 N–H and O–H groups in total. The second-order valence-corrected chi connectivity index (χ2v) is 9.51. The molecule has 0 aliphatic heterocycles. The third-order valence-electron chi connectivity index (χ3n) is 6.85. The van der Waals surface area contributed by atoms with Crippen molar-refractivity contribution in [3.8, 4) is 5.75 Å². The second kappa shape index (κ2) is 14.2. The standard InChI is InChI=1S/C31H36N6O4/c1-4-37(5-2)14-13-32-18-22-16-26-28(27(17-22)31(39)40)34-20-35-29(26)33-19-21-7-6-8-24(15-21)36-30(38)23-9-11-25(41-3)12-10-23/h6-12,15-17,20,32H,4-5,13-14,18-19H2,1-3H3,(H,36,38)(H,39,40)(H,33,34,35). The molecular weight excluding hydrogens is 520 g/mol. The molecule has 0 saturated carbocycles. The summed E-state index contributed by atoms with van der Waals surface area (Å²) < 4.78 is 5.15. The highest BCUT2D eigenvalue weighted by atomic mass is 16.5. The Hall–Kier alpha value is -4.54. The summed E-state index contributed by atoms with van der Waals surface area (Å²) >= 11 is 0. The van der Waals surface area contributed by atoms with Gasteiger partial charge in [-0.3, -0.25) is 4.79 Å². The van der Waals surface area contributed by atoms with E-state index < -0.39 is 5.97 Å². The molecule has 1 aromatic heterocycles. The maximum atomic E-state index is 12.7. The molecule has 4 rings (SSSR count). The number of aromatic nitrogens is 2. The fourth-order valence-electron chi connectivity index (χ4n) is 4.53. The van der Waals surface area contributed by atoms with Gasteiger partial charge < -0.3 is 30.7 Å². The number of hydrogen-bond donors (Lipinski definition) is 4. The van der Waals surface area contributed by atoms with Crippen LogP contribution in [0.15, 0.2) is 67.0 Å². The van der Waals surface area contributed by atoms with E-state index in [4.69, 9.17) is 4.74 Å². The number of nitrogens with zero attached hydrogens (tertiary/aromatic N) is 3. The summed E-state index contributed by atoms with van der Waals surface area (Å²) in [6, 6.07) is 18.0. The van der Waals surface area contributed by atoms with Crippen LogP contribution in [0.25, 0.3) is 10.9 Å². The van der Waals surface area contributed by atoms with Gasteiger partial charge in [-0.05, 0) is 72.7 Å². The van der Waals surface area contributed by atoms with E-state index in [2.05, 4.69) is 44.7 Å². The van der Waals surface area contributed by atoms with Gasteiger partial charge in [0.2, 0.25) is 0 Å². The maximum Gasteiger partial charge on any atom is 0.337 e. The van der Waals surface area contributed by atoms with E-state index in [1.807, 2.05) is 30.3 Å². The number of amides is 1. The highest BCUT2D eigenvalue weighted by molar-refractivity contribution is 6.05. The van der Waals surface area contributed by atoms with E-state index in [-0.39, 0.29) is 11.5 Å². The molecule has 1 amide bonds. The van der Waals surface area contributed by atoms with Gasteiger partial charge in [-0.1, -0.05) is 26.0 Å². The predicted octanol–water partition coefficient (Wildman–Crippen LogP) is 4.63. The molecule has 4 aromatic rings. The zero-order chi connectivity index (χ0) is 29.2. The first-order valence-electron chi connectivity index (χ1n) is 13.6. The molecule has 0 aliphatic rings. The molecule has 0 bridgehead atoms. The Balaban J connectivity index is 1.47. The molecular formula is C31H36N6O4. The molecule has 3 aromatic carbocycles. The smallest absolute Gasteiger partial charge is 0.337 e. The zero-order valence-corrected chi connectivity index (χ0v) is 23.6. The van der Waals surface area contributed by atoms with Gasteiger partial charge in [0.15, 0.2) is 0 Å². The number of anilines is 2. The van der Waals surface area contributed by atoms with Crippen LogP contribution in [0.2, 0.25) is 0 Å². The van der Waals surface area contributed by atoms with E-state index in [1.165, 1.54) is 6.33 Å². The van der Waals surface area contributed by atoms with E-state index in [9.17, 15) is 14.7 Å². The van der Waals surface area contributed by atoms with Crippen molar-refractivity contribution in [3.63, 3.8) is 0 Å². The van der Waals surface area contributed by atoms with Crippen LogP contribution in [0.3, 0.4) is 0 Å². The number of ether oxygens (including phenoxy) is 1. The summed E-state index contributed by atoms with van der Waals surface area (Å²) in [7, 11) is 1.58. The molecule has 41 heavy (non-hydrogen) atoms. The molecule has 10 nitrogen and oxygen atoms in total. The summed E-state index contributed by atoms with van der Waals surface area (Å²) in [5.41, 5.74) is 3.45. The number of likely N-dealkylation sites (N-methyl/N-ethyl adjacent to an activating group) is 1. The molecule has 10 heteroatoms. The normalized spacial score (nSPS) is 11.0. The molecule has 0 aliphatic carbocycles. The summed E-state index contributed by atoms with van der Waals surface area (Å²) in [5, 5.41) is 20.2. The monoisotopic (exact) mass is 556 g/mol. The fourth-order valence-corrected chi connectivity index (χ4v) is 4.53. The van der Waals surface area contributed by atoms with Crippen molar-refractivity contribution in [2.45, 2.75) is 26.9 Å². The molecule has 0 radical (unpaired) electrons. The number of rotatable bonds is 14. The van der Waals surface area contributed by atoms with Crippen LogP contribution in [0.4, 0.5) is 11.5 Å².